The molecular formula is C23H25F3N6O. The van der Waals surface area contributed by atoms with E-state index in [9.17, 15) is 18.0 Å². The minimum absolute atomic E-state index is 0.108. The molecule has 2 atom stereocenters. The van der Waals surface area contributed by atoms with Crippen LogP contribution in [0.4, 0.5) is 19.0 Å². The molecule has 0 spiro atoms. The fourth-order valence-electron chi connectivity index (χ4n) is 4.20. The van der Waals surface area contributed by atoms with Gasteiger partial charge in [-0.25, -0.2) is 14.6 Å². The summed E-state index contributed by atoms with van der Waals surface area (Å²) in [5.74, 6) is 0.444. The zero-order valence-electron chi connectivity index (χ0n) is 18.4. The van der Waals surface area contributed by atoms with E-state index in [0.717, 1.165) is 30.7 Å². The standard InChI is InChI=1S/C23H25F3N6O/c1-15-5-7-19(32-14-27-13-30-32)18(10-15)22(33)31-9-3-4-16(2)20(31)12-29-21-8-6-17(11-28-21)23(24,25)26/h5-8,10-11,13-14,16,20H,3-4,9,12H2,1-2H3,(H,28,29)/t16-,20-/m1/s1. The van der Waals surface area contributed by atoms with Gasteiger partial charge < -0.3 is 10.2 Å². The fraction of sp³-hybridized carbons (Fsp3) is 0.391. The molecule has 0 radical (unpaired) electrons. The van der Waals surface area contributed by atoms with Crippen molar-refractivity contribution in [1.29, 1.82) is 0 Å². The highest BCUT2D eigenvalue weighted by Crippen LogP contribution is 2.30. The predicted molar refractivity (Wildman–Crippen MR) is 117 cm³/mol. The van der Waals surface area contributed by atoms with E-state index in [0.29, 0.717) is 30.2 Å². The highest BCUT2D eigenvalue weighted by atomic mass is 19.4. The molecular weight excluding hydrogens is 433 g/mol. The molecule has 33 heavy (non-hydrogen) atoms. The van der Waals surface area contributed by atoms with E-state index in [-0.39, 0.29) is 17.9 Å². The van der Waals surface area contributed by atoms with Crippen molar-refractivity contribution >= 4 is 11.7 Å². The zero-order chi connectivity index (χ0) is 23.6. The van der Waals surface area contributed by atoms with E-state index in [1.807, 2.05) is 30.0 Å². The number of alkyl halides is 3. The molecule has 1 saturated heterocycles. The van der Waals surface area contributed by atoms with Gasteiger partial charge in [0.2, 0.25) is 0 Å². The average Bonchev–Trinajstić information content (AvgIpc) is 3.32. The zero-order valence-corrected chi connectivity index (χ0v) is 18.4. The molecule has 174 valence electrons. The van der Waals surface area contributed by atoms with E-state index < -0.39 is 11.7 Å². The quantitative estimate of drug-likeness (QED) is 0.616. The van der Waals surface area contributed by atoms with Crippen LogP contribution in [0.25, 0.3) is 5.69 Å². The first-order valence-corrected chi connectivity index (χ1v) is 10.8. The van der Waals surface area contributed by atoms with Crippen LogP contribution in [0, 0.1) is 12.8 Å². The molecule has 2 aromatic heterocycles. The van der Waals surface area contributed by atoms with Crippen LogP contribution in [0.5, 0.6) is 0 Å². The van der Waals surface area contributed by atoms with Crippen LogP contribution >= 0.6 is 0 Å². The maximum absolute atomic E-state index is 13.7. The first kappa shape index (κ1) is 22.8. The minimum Gasteiger partial charge on any atom is -0.368 e. The van der Waals surface area contributed by atoms with E-state index in [1.54, 1.807) is 11.0 Å². The van der Waals surface area contributed by atoms with Crippen molar-refractivity contribution in [2.45, 2.75) is 38.9 Å². The summed E-state index contributed by atoms with van der Waals surface area (Å²) in [4.78, 5) is 23.4. The average molecular weight is 458 g/mol. The van der Waals surface area contributed by atoms with Gasteiger partial charge in [0.1, 0.15) is 18.5 Å². The second-order valence-electron chi connectivity index (χ2n) is 8.36. The second-order valence-corrected chi connectivity index (χ2v) is 8.36. The van der Waals surface area contributed by atoms with Gasteiger partial charge in [-0.1, -0.05) is 18.6 Å². The van der Waals surface area contributed by atoms with Crippen LogP contribution in [-0.4, -0.2) is 49.7 Å². The Morgan fingerprint density at radius 1 is 1.24 bits per heavy atom. The first-order chi connectivity index (χ1) is 15.7. The number of benzene rings is 1. The summed E-state index contributed by atoms with van der Waals surface area (Å²) >= 11 is 0. The Bertz CT molecular complexity index is 1100. The predicted octanol–water partition coefficient (Wildman–Crippen LogP) is 4.34. The van der Waals surface area contributed by atoms with Crippen LogP contribution in [0.2, 0.25) is 0 Å². The smallest absolute Gasteiger partial charge is 0.368 e. The number of likely N-dealkylation sites (tertiary alicyclic amines) is 1. The summed E-state index contributed by atoms with van der Waals surface area (Å²) in [6, 6.07) is 7.79. The summed E-state index contributed by atoms with van der Waals surface area (Å²) in [5, 5.41) is 7.29. The summed E-state index contributed by atoms with van der Waals surface area (Å²) in [6.45, 7) is 4.99. The summed E-state index contributed by atoms with van der Waals surface area (Å²) in [6.07, 6.45) is 1.19. The topological polar surface area (TPSA) is 75.9 Å². The molecule has 0 aliphatic carbocycles. The van der Waals surface area contributed by atoms with Crippen LogP contribution in [0.3, 0.4) is 0 Å². The Morgan fingerprint density at radius 2 is 2.06 bits per heavy atom. The number of hydrogen-bond acceptors (Lipinski definition) is 5. The Morgan fingerprint density at radius 3 is 2.73 bits per heavy atom. The molecule has 3 aromatic rings. The van der Waals surface area contributed by atoms with Gasteiger partial charge in [-0.3, -0.25) is 4.79 Å². The molecule has 0 saturated carbocycles. The van der Waals surface area contributed by atoms with Crippen molar-refractivity contribution < 1.29 is 18.0 Å². The monoisotopic (exact) mass is 458 g/mol. The molecule has 1 N–H and O–H groups in total. The van der Waals surface area contributed by atoms with Gasteiger partial charge in [-0.2, -0.15) is 18.3 Å². The van der Waals surface area contributed by atoms with Crippen LogP contribution in [0.15, 0.2) is 49.2 Å². The number of aryl methyl sites for hydroxylation is 1. The number of aromatic nitrogens is 4. The van der Waals surface area contributed by atoms with Crippen molar-refractivity contribution in [1.82, 2.24) is 24.6 Å². The number of anilines is 1. The molecule has 0 unspecified atom stereocenters. The van der Waals surface area contributed by atoms with Gasteiger partial charge >= 0.3 is 6.18 Å². The lowest BCUT2D eigenvalue weighted by molar-refractivity contribution is -0.137. The van der Waals surface area contributed by atoms with Gasteiger partial charge in [-0.05, 0) is 49.9 Å². The summed E-state index contributed by atoms with van der Waals surface area (Å²) in [5.41, 5.74) is 1.34. The van der Waals surface area contributed by atoms with Crippen LogP contribution in [-0.2, 0) is 6.18 Å². The highest BCUT2D eigenvalue weighted by molar-refractivity contribution is 5.98. The second kappa shape index (κ2) is 9.21. The third-order valence-corrected chi connectivity index (χ3v) is 6.01. The molecule has 1 aliphatic heterocycles. The third kappa shape index (κ3) is 4.99. The Balaban J connectivity index is 1.55. The SMILES string of the molecule is Cc1ccc(-n2cncn2)c(C(=O)N2CCC[C@@H](C)[C@H]2CNc2ccc(C(F)(F)F)cn2)c1. The number of nitrogens with zero attached hydrogens (tertiary/aromatic N) is 5. The van der Waals surface area contributed by atoms with Gasteiger partial charge in [0.15, 0.2) is 0 Å². The number of carbonyl (C=O) groups is 1. The van der Waals surface area contributed by atoms with Crippen LogP contribution in [0.1, 0.15) is 41.3 Å². The van der Waals surface area contributed by atoms with E-state index in [4.69, 9.17) is 0 Å². The number of hydrogen-bond donors (Lipinski definition) is 1. The lowest BCUT2D eigenvalue weighted by Crippen LogP contribution is -2.51. The number of rotatable bonds is 5. The largest absolute Gasteiger partial charge is 0.417 e. The number of piperidine rings is 1. The van der Waals surface area contributed by atoms with Crippen molar-refractivity contribution in [3.05, 3.63) is 65.9 Å². The van der Waals surface area contributed by atoms with E-state index >= 15 is 0 Å². The van der Waals surface area contributed by atoms with Crippen molar-refractivity contribution in [2.24, 2.45) is 5.92 Å². The molecule has 7 nitrogen and oxygen atoms in total. The number of halogens is 3. The Labute approximate surface area is 189 Å². The third-order valence-electron chi connectivity index (χ3n) is 6.01. The Hall–Kier alpha value is -3.43. The van der Waals surface area contributed by atoms with Gasteiger partial charge in [0.25, 0.3) is 5.91 Å². The summed E-state index contributed by atoms with van der Waals surface area (Å²) < 4.78 is 40.0. The first-order valence-electron chi connectivity index (χ1n) is 10.8. The van der Waals surface area contributed by atoms with Crippen molar-refractivity contribution in [3.63, 3.8) is 0 Å². The molecule has 1 aromatic carbocycles. The molecule has 1 amide bonds. The number of amides is 1. The minimum atomic E-state index is -4.43. The molecule has 1 fully saturated rings. The number of carbonyl (C=O) groups excluding carboxylic acids is 1. The molecule has 10 heteroatoms. The van der Waals surface area contributed by atoms with E-state index in [1.165, 1.54) is 12.4 Å². The van der Waals surface area contributed by atoms with Gasteiger partial charge in [-0.15, -0.1) is 0 Å². The fourth-order valence-corrected chi connectivity index (χ4v) is 4.20. The summed E-state index contributed by atoms with van der Waals surface area (Å²) in [7, 11) is 0. The maximum Gasteiger partial charge on any atom is 0.417 e. The Kier molecular flexibility index (Phi) is 6.35. The maximum atomic E-state index is 13.7. The highest BCUT2D eigenvalue weighted by Gasteiger charge is 2.34. The van der Waals surface area contributed by atoms with Crippen LogP contribution < -0.4 is 5.32 Å². The molecule has 4 rings (SSSR count). The normalized spacial score (nSPS) is 18.9. The number of nitrogens with one attached hydrogen (secondary N) is 1. The van der Waals surface area contributed by atoms with Crippen molar-refractivity contribution in [3.8, 4) is 5.69 Å². The van der Waals surface area contributed by atoms with Gasteiger partial charge in [0, 0.05) is 19.3 Å². The lowest BCUT2D eigenvalue weighted by Gasteiger charge is -2.40. The van der Waals surface area contributed by atoms with Gasteiger partial charge in [0.05, 0.1) is 22.9 Å². The molecule has 0 bridgehead atoms. The molecule has 3 heterocycles. The lowest BCUT2D eigenvalue weighted by atomic mass is 9.89. The number of pyridine rings is 1. The van der Waals surface area contributed by atoms with E-state index in [2.05, 4.69) is 27.3 Å². The van der Waals surface area contributed by atoms with Crippen molar-refractivity contribution in [2.75, 3.05) is 18.4 Å². The molecule has 1 aliphatic rings.